The molecule has 0 aliphatic heterocycles. The van der Waals surface area contributed by atoms with E-state index in [1.165, 1.54) is 0 Å². The summed E-state index contributed by atoms with van der Waals surface area (Å²) in [4.78, 5) is 11.8. The van der Waals surface area contributed by atoms with Gasteiger partial charge in [-0.15, -0.1) is 0 Å². The minimum Gasteiger partial charge on any atom is -0.467 e. The first-order valence-corrected chi connectivity index (χ1v) is 8.88. The molecule has 1 rings (SSSR count). The molecule has 0 aliphatic rings. The summed E-state index contributed by atoms with van der Waals surface area (Å²) < 4.78 is 100. The van der Waals surface area contributed by atoms with Crippen LogP contribution in [0.4, 0.5) is 26.3 Å². The molecule has 0 aliphatic carbocycles. The third-order valence-corrected chi connectivity index (χ3v) is 6.38. The van der Waals surface area contributed by atoms with Gasteiger partial charge in [-0.3, -0.25) is 0 Å². The van der Waals surface area contributed by atoms with Crippen LogP contribution in [-0.2, 0) is 32.0 Å². The van der Waals surface area contributed by atoms with Crippen LogP contribution >= 0.6 is 11.6 Å². The van der Waals surface area contributed by atoms with Crippen molar-refractivity contribution < 1.29 is 44.3 Å². The van der Waals surface area contributed by atoms with Crippen LogP contribution < -0.4 is 0 Å². The highest BCUT2D eigenvalue weighted by Crippen LogP contribution is 2.34. The average molecular weight is 427 g/mol. The molecule has 148 valence electrons. The topological polar surface area (TPSA) is 60.4 Å². The Kier molecular flexibility index (Phi) is 6.62. The van der Waals surface area contributed by atoms with E-state index in [9.17, 15) is 39.6 Å². The van der Waals surface area contributed by atoms with E-state index in [-0.39, 0.29) is 5.56 Å². The second kappa shape index (κ2) is 7.63. The number of halogens is 7. The van der Waals surface area contributed by atoms with Crippen molar-refractivity contribution in [3.8, 4) is 0 Å². The number of rotatable bonds is 6. The second-order valence-corrected chi connectivity index (χ2v) is 8.48. The Balaban J connectivity index is 3.19. The summed E-state index contributed by atoms with van der Waals surface area (Å²) in [6.07, 6.45) is -12.1. The van der Waals surface area contributed by atoms with Gasteiger partial charge < -0.3 is 4.74 Å². The summed E-state index contributed by atoms with van der Waals surface area (Å²) in [7, 11) is -4.07. The lowest BCUT2D eigenvalue weighted by Crippen LogP contribution is -2.46. The third-order valence-electron chi connectivity index (χ3n) is 3.35. The number of carbonyl (C=O) groups excluding carboxylic acids is 1. The monoisotopic (exact) mass is 426 g/mol. The normalized spacial score (nSPS) is 15.4. The zero-order chi connectivity index (χ0) is 20.4. The number of hydrogen-bond donors (Lipinski definition) is 0. The van der Waals surface area contributed by atoms with Gasteiger partial charge >= 0.3 is 18.3 Å². The molecule has 0 bridgehead atoms. The Hall–Kier alpha value is -1.49. The number of sulfone groups is 1. The highest BCUT2D eigenvalue weighted by molar-refractivity contribution is 7.95. The molecule has 1 aromatic rings. The fourth-order valence-electron chi connectivity index (χ4n) is 1.95. The molecule has 26 heavy (non-hydrogen) atoms. The number of esters is 1. The highest BCUT2D eigenvalue weighted by atomic mass is 35.5. The van der Waals surface area contributed by atoms with Crippen molar-refractivity contribution in [3.05, 3.63) is 35.4 Å². The second-order valence-electron chi connectivity index (χ2n) is 5.28. The number of alkyl halides is 7. The van der Waals surface area contributed by atoms with Gasteiger partial charge in [-0.1, -0.05) is 23.7 Å². The predicted octanol–water partition coefficient (Wildman–Crippen LogP) is 3.72. The van der Waals surface area contributed by atoms with Gasteiger partial charge in [-0.05, 0) is 17.7 Å². The van der Waals surface area contributed by atoms with Gasteiger partial charge in [0.25, 0.3) is 0 Å². The average Bonchev–Trinajstić information content (AvgIpc) is 2.51. The Bertz CT molecular complexity index is 742. The molecule has 0 saturated carbocycles. The van der Waals surface area contributed by atoms with Crippen LogP contribution in [0, 0.1) is 0 Å². The molecule has 0 aromatic heterocycles. The fourth-order valence-corrected chi connectivity index (χ4v) is 3.96. The number of hydrogen-bond acceptors (Lipinski definition) is 4. The van der Waals surface area contributed by atoms with Crippen LogP contribution in [0.1, 0.15) is 17.5 Å². The smallest absolute Gasteiger partial charge is 0.416 e. The van der Waals surface area contributed by atoms with Gasteiger partial charge in [0.2, 0.25) is 4.21 Å². The first-order chi connectivity index (χ1) is 11.6. The number of carbonyl (C=O) groups is 1. The largest absolute Gasteiger partial charge is 0.467 e. The Labute approximate surface area is 150 Å². The molecule has 0 spiro atoms. The van der Waals surface area contributed by atoms with Crippen LogP contribution in [0.15, 0.2) is 24.3 Å². The zero-order valence-corrected chi connectivity index (χ0v) is 14.7. The van der Waals surface area contributed by atoms with Gasteiger partial charge in [0, 0.05) is 6.42 Å². The molecule has 1 unspecified atom stereocenters. The van der Waals surface area contributed by atoms with Crippen LogP contribution in [0.25, 0.3) is 0 Å². The molecule has 0 N–H and O–H groups in total. The Morgan fingerprint density at radius 1 is 1.08 bits per heavy atom. The van der Waals surface area contributed by atoms with Crippen molar-refractivity contribution in [3.63, 3.8) is 0 Å². The van der Waals surface area contributed by atoms with Crippen molar-refractivity contribution in [2.45, 2.75) is 29.4 Å². The zero-order valence-electron chi connectivity index (χ0n) is 13.1. The van der Waals surface area contributed by atoms with Crippen molar-refractivity contribution in [2.75, 3.05) is 12.9 Å². The van der Waals surface area contributed by atoms with E-state index < -0.39 is 56.5 Å². The molecule has 0 saturated heterocycles. The molecule has 0 radical (unpaired) electrons. The quantitative estimate of drug-likeness (QED) is 0.395. The molecule has 1 atom stereocenters. The molecule has 12 heteroatoms. The lowest BCUT2D eigenvalue weighted by Gasteiger charge is -2.25. The predicted molar refractivity (Wildman–Crippen MR) is 80.2 cm³/mol. The van der Waals surface area contributed by atoms with E-state index in [1.807, 2.05) is 0 Å². The molecule has 1 aromatic carbocycles. The maximum atomic E-state index is 12.5. The van der Waals surface area contributed by atoms with E-state index in [2.05, 4.69) is 4.74 Å². The summed E-state index contributed by atoms with van der Waals surface area (Å²) in [6.45, 7) is 0. The van der Waals surface area contributed by atoms with E-state index in [4.69, 9.17) is 11.6 Å². The molecular weight excluding hydrogens is 414 g/mol. The summed E-state index contributed by atoms with van der Waals surface area (Å²) in [5.41, 5.74) is -1.13. The minimum atomic E-state index is -4.85. The molecule has 4 nitrogen and oxygen atoms in total. The van der Waals surface area contributed by atoms with Crippen molar-refractivity contribution >= 4 is 27.4 Å². The number of ether oxygens (including phenoxy) is 1. The van der Waals surface area contributed by atoms with Gasteiger partial charge in [-0.25, -0.2) is 13.2 Å². The van der Waals surface area contributed by atoms with Crippen LogP contribution in [-0.4, -0.2) is 37.6 Å². The maximum absolute atomic E-state index is 12.5. The van der Waals surface area contributed by atoms with Crippen molar-refractivity contribution in [1.29, 1.82) is 0 Å². The minimum absolute atomic E-state index is 0.103. The first kappa shape index (κ1) is 22.6. The number of benzene rings is 1. The summed E-state index contributed by atoms with van der Waals surface area (Å²) in [5.74, 6) is -3.00. The lowest BCUT2D eigenvalue weighted by molar-refractivity contribution is -0.141. The van der Waals surface area contributed by atoms with Gasteiger partial charge in [0.1, 0.15) is 0 Å². The SMILES string of the molecule is COC(=O)C(Cl)(Cc1ccc(C(F)(F)F)cc1)S(=O)(=O)CCC(F)(F)F. The molecule has 0 fully saturated rings. The van der Waals surface area contributed by atoms with Crippen LogP contribution in [0.2, 0.25) is 0 Å². The third kappa shape index (κ3) is 5.50. The molecule has 0 heterocycles. The van der Waals surface area contributed by atoms with Gasteiger partial charge in [0.05, 0.1) is 24.8 Å². The van der Waals surface area contributed by atoms with E-state index in [1.54, 1.807) is 0 Å². The Morgan fingerprint density at radius 3 is 1.96 bits per heavy atom. The molecular formula is C14H13ClF6O4S. The van der Waals surface area contributed by atoms with Crippen molar-refractivity contribution in [2.24, 2.45) is 0 Å². The number of methoxy groups -OCH3 is 1. The van der Waals surface area contributed by atoms with E-state index in [0.717, 1.165) is 19.2 Å². The van der Waals surface area contributed by atoms with Crippen molar-refractivity contribution in [1.82, 2.24) is 0 Å². The maximum Gasteiger partial charge on any atom is 0.416 e. The van der Waals surface area contributed by atoms with Gasteiger partial charge in [-0.2, -0.15) is 26.3 Å². The van der Waals surface area contributed by atoms with Gasteiger partial charge in [0.15, 0.2) is 9.84 Å². The summed E-state index contributed by atoms with van der Waals surface area (Å²) in [5, 5.41) is 0. The first-order valence-electron chi connectivity index (χ1n) is 6.85. The van der Waals surface area contributed by atoms with E-state index in [0.29, 0.717) is 12.1 Å². The molecule has 0 amide bonds. The van der Waals surface area contributed by atoms with Crippen LogP contribution in [0.3, 0.4) is 0 Å². The highest BCUT2D eigenvalue weighted by Gasteiger charge is 2.51. The lowest BCUT2D eigenvalue weighted by atomic mass is 10.1. The standard InChI is InChI=1S/C14H13ClF6O4S/c1-25-11(22)12(15,26(23,24)7-6-13(16,17)18)8-9-2-4-10(5-3-9)14(19,20)21/h2-5H,6-8H2,1H3. The fraction of sp³-hybridized carbons (Fsp3) is 0.500. The summed E-state index contributed by atoms with van der Waals surface area (Å²) in [6, 6.07) is 3.02. The summed E-state index contributed by atoms with van der Waals surface area (Å²) >= 11 is 5.82. The van der Waals surface area contributed by atoms with E-state index >= 15 is 0 Å². The Morgan fingerprint density at radius 2 is 1.58 bits per heavy atom. The van der Waals surface area contributed by atoms with Crippen LogP contribution in [0.5, 0.6) is 0 Å².